The van der Waals surface area contributed by atoms with Crippen molar-refractivity contribution in [2.45, 2.75) is 314 Å². The molecule has 0 amide bonds. The van der Waals surface area contributed by atoms with E-state index in [0.29, 0.717) is 25.7 Å². The highest BCUT2D eigenvalue weighted by molar-refractivity contribution is 5.74. The lowest BCUT2D eigenvalue weighted by Crippen LogP contribution is -2.61. The number of aliphatic hydroxyl groups excluding tert-OH is 2. The molecule has 1 aliphatic heterocycles. The van der Waals surface area contributed by atoms with E-state index in [1.54, 1.807) is 0 Å². The zero-order valence-corrected chi connectivity index (χ0v) is 50.1. The van der Waals surface area contributed by atoms with E-state index in [0.717, 1.165) is 96.3 Å². The lowest BCUT2D eigenvalue weighted by molar-refractivity contribution is -0.301. The van der Waals surface area contributed by atoms with Crippen molar-refractivity contribution in [2.75, 3.05) is 13.2 Å². The second kappa shape index (κ2) is 54.7. The predicted molar refractivity (Wildman–Crippen MR) is 322 cm³/mol. The smallest absolute Gasteiger partial charge is 0.335 e. The van der Waals surface area contributed by atoms with E-state index < -0.39 is 67.3 Å². The van der Waals surface area contributed by atoms with Gasteiger partial charge in [0, 0.05) is 19.3 Å². The molecule has 0 spiro atoms. The fourth-order valence-corrected chi connectivity index (χ4v) is 9.41. The molecule has 1 saturated heterocycles. The molecule has 0 aromatic carbocycles. The Morgan fingerprint density at radius 3 is 1.29 bits per heavy atom. The van der Waals surface area contributed by atoms with Gasteiger partial charge in [0.2, 0.25) is 0 Å². The number of ether oxygens (including phenoxy) is 5. The van der Waals surface area contributed by atoms with E-state index in [2.05, 4.69) is 81.5 Å². The molecule has 0 aliphatic carbocycles. The van der Waals surface area contributed by atoms with Crippen molar-refractivity contribution < 1.29 is 58.2 Å². The minimum absolute atomic E-state index is 0.0410. The molecule has 1 rings (SSSR count). The molecule has 0 aromatic rings. The van der Waals surface area contributed by atoms with Gasteiger partial charge in [0.05, 0.1) is 6.61 Å². The van der Waals surface area contributed by atoms with Crippen LogP contribution in [0.15, 0.2) is 72.9 Å². The van der Waals surface area contributed by atoms with Gasteiger partial charge < -0.3 is 39.0 Å². The Morgan fingerprint density at radius 1 is 0.430 bits per heavy atom. The first kappa shape index (κ1) is 73.2. The number of unbranched alkanes of at least 4 members (excludes halogenated alkanes) is 28. The number of carbonyl (C=O) groups is 4. The molecule has 454 valence electrons. The topological polar surface area (TPSA) is 175 Å². The molecule has 0 aromatic heterocycles. The van der Waals surface area contributed by atoms with E-state index in [-0.39, 0.29) is 25.9 Å². The summed E-state index contributed by atoms with van der Waals surface area (Å²) >= 11 is 0. The number of carboxylic acids is 1. The van der Waals surface area contributed by atoms with Crippen LogP contribution in [0.5, 0.6) is 0 Å². The van der Waals surface area contributed by atoms with Gasteiger partial charge in [-0.2, -0.15) is 0 Å². The van der Waals surface area contributed by atoms with Gasteiger partial charge in [-0.1, -0.05) is 254 Å². The third kappa shape index (κ3) is 44.5. The summed E-state index contributed by atoms with van der Waals surface area (Å²) < 4.78 is 28.4. The third-order valence-electron chi connectivity index (χ3n) is 14.3. The Bertz CT molecular complexity index is 1650. The summed E-state index contributed by atoms with van der Waals surface area (Å²) in [5.74, 6) is -3.23. The van der Waals surface area contributed by atoms with Crippen LogP contribution in [0.25, 0.3) is 0 Å². The number of esters is 3. The molecule has 0 radical (unpaired) electrons. The number of hydrogen-bond donors (Lipinski definition) is 3. The summed E-state index contributed by atoms with van der Waals surface area (Å²) in [7, 11) is 0. The Labute approximate surface area is 480 Å². The highest BCUT2D eigenvalue weighted by Gasteiger charge is 2.50. The third-order valence-corrected chi connectivity index (χ3v) is 14.3. The molecule has 1 fully saturated rings. The van der Waals surface area contributed by atoms with Crippen LogP contribution >= 0.6 is 0 Å². The van der Waals surface area contributed by atoms with Gasteiger partial charge in [-0.25, -0.2) is 4.79 Å². The van der Waals surface area contributed by atoms with Crippen molar-refractivity contribution in [1.29, 1.82) is 0 Å². The van der Waals surface area contributed by atoms with Gasteiger partial charge in [-0.3, -0.25) is 14.4 Å². The molecule has 12 nitrogen and oxygen atoms in total. The van der Waals surface area contributed by atoms with Gasteiger partial charge in [0.15, 0.2) is 24.6 Å². The number of aliphatic hydroxyl groups is 2. The molecule has 1 heterocycles. The quantitative estimate of drug-likeness (QED) is 0.0228. The number of allylic oxidation sites excluding steroid dienone is 12. The van der Waals surface area contributed by atoms with Crippen molar-refractivity contribution in [2.24, 2.45) is 0 Å². The summed E-state index contributed by atoms with van der Waals surface area (Å²) in [4.78, 5) is 51.2. The average Bonchev–Trinajstić information content (AvgIpc) is 3.44. The summed E-state index contributed by atoms with van der Waals surface area (Å²) in [6.07, 6.45) is 57.4. The van der Waals surface area contributed by atoms with Crippen LogP contribution in [-0.2, 0) is 42.9 Å². The Hall–Kier alpha value is -3.84. The van der Waals surface area contributed by atoms with Gasteiger partial charge >= 0.3 is 23.9 Å². The number of hydrogen-bond acceptors (Lipinski definition) is 11. The molecule has 0 bridgehead atoms. The van der Waals surface area contributed by atoms with Gasteiger partial charge in [-0.05, 0) is 77.0 Å². The lowest BCUT2D eigenvalue weighted by Gasteiger charge is -2.40. The number of aliphatic carboxylic acids is 1. The van der Waals surface area contributed by atoms with Crippen LogP contribution in [0.3, 0.4) is 0 Å². The van der Waals surface area contributed by atoms with Crippen molar-refractivity contribution in [1.82, 2.24) is 0 Å². The molecule has 79 heavy (non-hydrogen) atoms. The minimum Gasteiger partial charge on any atom is -0.479 e. The molecule has 0 saturated carbocycles. The maximum atomic E-state index is 13.1. The molecule has 6 unspecified atom stereocenters. The van der Waals surface area contributed by atoms with Crippen LogP contribution in [-0.4, -0.2) is 89.2 Å². The van der Waals surface area contributed by atoms with E-state index in [4.69, 9.17) is 23.7 Å². The second-order valence-corrected chi connectivity index (χ2v) is 21.7. The van der Waals surface area contributed by atoms with E-state index in [1.165, 1.54) is 116 Å². The summed E-state index contributed by atoms with van der Waals surface area (Å²) in [5.41, 5.74) is 0. The maximum absolute atomic E-state index is 13.1. The first-order chi connectivity index (χ1) is 38.6. The number of rotatable bonds is 54. The van der Waals surface area contributed by atoms with Crippen molar-refractivity contribution >= 4 is 23.9 Å². The van der Waals surface area contributed by atoms with E-state index in [1.807, 2.05) is 12.2 Å². The highest BCUT2D eigenvalue weighted by atomic mass is 16.7. The summed E-state index contributed by atoms with van der Waals surface area (Å²) in [6, 6.07) is 0. The molecule has 12 heteroatoms. The van der Waals surface area contributed by atoms with Crippen molar-refractivity contribution in [3.05, 3.63) is 72.9 Å². The van der Waals surface area contributed by atoms with E-state index >= 15 is 0 Å². The summed E-state index contributed by atoms with van der Waals surface area (Å²) in [5, 5.41) is 31.5. The van der Waals surface area contributed by atoms with Crippen LogP contribution in [0.4, 0.5) is 0 Å². The molecule has 1 aliphatic rings. The monoisotopic (exact) mass is 1110 g/mol. The lowest BCUT2D eigenvalue weighted by atomic mass is 9.98. The van der Waals surface area contributed by atoms with Crippen LogP contribution < -0.4 is 0 Å². The van der Waals surface area contributed by atoms with E-state index in [9.17, 15) is 34.5 Å². The maximum Gasteiger partial charge on any atom is 0.335 e. The molecular weight excluding hydrogens is 997 g/mol. The van der Waals surface area contributed by atoms with Gasteiger partial charge in [-0.15, -0.1) is 0 Å². The van der Waals surface area contributed by atoms with Crippen molar-refractivity contribution in [3.8, 4) is 0 Å². The predicted octanol–water partition coefficient (Wildman–Crippen LogP) is 16.9. The minimum atomic E-state index is -1.92. The normalized spacial score (nSPS) is 18.3. The zero-order chi connectivity index (χ0) is 57.5. The first-order valence-electron chi connectivity index (χ1n) is 31.9. The van der Waals surface area contributed by atoms with Crippen molar-refractivity contribution in [3.63, 3.8) is 0 Å². The Kier molecular flexibility index (Phi) is 50.7. The Balaban J connectivity index is 2.67. The fourth-order valence-electron chi connectivity index (χ4n) is 9.41. The highest BCUT2D eigenvalue weighted by Crippen LogP contribution is 2.26. The van der Waals surface area contributed by atoms with Gasteiger partial charge in [0.25, 0.3) is 0 Å². The van der Waals surface area contributed by atoms with Crippen LogP contribution in [0.1, 0.15) is 278 Å². The zero-order valence-electron chi connectivity index (χ0n) is 50.1. The largest absolute Gasteiger partial charge is 0.479 e. The summed E-state index contributed by atoms with van der Waals surface area (Å²) in [6.45, 7) is 5.82. The first-order valence-corrected chi connectivity index (χ1v) is 31.9. The fraction of sp³-hybridized carbons (Fsp3) is 0.761. The molecule has 6 atom stereocenters. The second-order valence-electron chi connectivity index (χ2n) is 21.7. The average molecular weight is 1110 g/mol. The van der Waals surface area contributed by atoms with Crippen LogP contribution in [0, 0.1) is 0 Å². The number of carbonyl (C=O) groups excluding carboxylic acids is 3. The molecule has 3 N–H and O–H groups in total. The van der Waals surface area contributed by atoms with Gasteiger partial charge in [0.1, 0.15) is 18.8 Å². The molecular formula is C67H114O12. The van der Waals surface area contributed by atoms with Crippen LogP contribution in [0.2, 0.25) is 0 Å². The standard InChI is InChI=1S/C67H114O12/c1-4-7-10-13-16-19-22-25-27-29-30-32-33-36-38-41-44-47-50-53-59(68)75-56-58(77-60(69)54-51-48-45-42-39-35-24-21-18-15-12-9-6-3)57-76-67-65(63(72)62(71)64(79-67)66(73)74)78-61(70)55-52-49-46-43-40-37-34-31-28-26-23-20-17-14-11-8-5-2/h9,12,17-18,20-21,26,28,35,39,45,48,58,62-65,67,71-72H,4-8,10-11,13-16,19,22-25,27,29-34,36-38,40-44,46-47,49-57H2,1-3H3,(H,73,74)/b12-9-,20-17-,21-18-,28-26-,39-35-,48-45-. The number of carboxylic acid groups (broad SMARTS) is 1. The SMILES string of the molecule is CC/C=C\C/C=C\C/C=C\C/C=C\CCC(=O)OC(COC(=O)CCCCCCCCCCCCCCCCCCCCC)COC1OC(C(=O)O)C(O)C(O)C1OC(=O)CCCCCCCCC/C=C\C/C=C\CCCCC. The Morgan fingerprint density at radius 2 is 0.823 bits per heavy atom.